The van der Waals surface area contributed by atoms with Gasteiger partial charge in [0.05, 0.1) is 7.11 Å². The molecule has 112 valence electrons. The highest BCUT2D eigenvalue weighted by atomic mass is 16.5. The van der Waals surface area contributed by atoms with E-state index in [1.807, 2.05) is 44.3 Å². The van der Waals surface area contributed by atoms with Crippen LogP contribution in [0.5, 0.6) is 11.5 Å². The molecule has 0 aromatic heterocycles. The first-order valence-corrected chi connectivity index (χ1v) is 6.94. The predicted octanol–water partition coefficient (Wildman–Crippen LogP) is 3.06. The highest BCUT2D eigenvalue weighted by molar-refractivity contribution is 5.54. The van der Waals surface area contributed by atoms with Gasteiger partial charge in [-0.25, -0.2) is 0 Å². The average molecular weight is 286 g/mol. The zero-order valence-corrected chi connectivity index (χ0v) is 12.7. The monoisotopic (exact) mass is 286 g/mol. The van der Waals surface area contributed by atoms with Crippen molar-refractivity contribution in [2.24, 2.45) is 5.73 Å². The van der Waals surface area contributed by atoms with Crippen LogP contribution in [-0.4, -0.2) is 19.3 Å². The summed E-state index contributed by atoms with van der Waals surface area (Å²) in [7, 11) is 3.65. The van der Waals surface area contributed by atoms with Gasteiger partial charge in [-0.2, -0.15) is 0 Å². The summed E-state index contributed by atoms with van der Waals surface area (Å²) >= 11 is 0. The molecule has 0 spiro atoms. The number of phenols is 1. The van der Waals surface area contributed by atoms with Gasteiger partial charge in [-0.05, 0) is 30.7 Å². The van der Waals surface area contributed by atoms with Crippen molar-refractivity contribution in [1.29, 1.82) is 0 Å². The average Bonchev–Trinajstić information content (AvgIpc) is 2.46. The summed E-state index contributed by atoms with van der Waals surface area (Å²) in [4.78, 5) is 2.07. The Labute approximate surface area is 125 Å². The summed E-state index contributed by atoms with van der Waals surface area (Å²) in [6.07, 6.45) is 0. The van der Waals surface area contributed by atoms with Crippen molar-refractivity contribution in [2.45, 2.75) is 19.5 Å². The maximum absolute atomic E-state index is 10.0. The molecule has 0 bridgehead atoms. The van der Waals surface area contributed by atoms with Gasteiger partial charge in [0.15, 0.2) is 0 Å². The van der Waals surface area contributed by atoms with E-state index in [1.54, 1.807) is 13.2 Å². The summed E-state index contributed by atoms with van der Waals surface area (Å²) in [6, 6.07) is 13.4. The second kappa shape index (κ2) is 6.50. The van der Waals surface area contributed by atoms with Gasteiger partial charge >= 0.3 is 0 Å². The largest absolute Gasteiger partial charge is 0.508 e. The quantitative estimate of drug-likeness (QED) is 0.887. The van der Waals surface area contributed by atoms with E-state index in [9.17, 15) is 5.11 Å². The number of anilines is 1. The molecular weight excluding hydrogens is 264 g/mol. The van der Waals surface area contributed by atoms with Crippen molar-refractivity contribution < 1.29 is 9.84 Å². The van der Waals surface area contributed by atoms with Gasteiger partial charge in [-0.3, -0.25) is 0 Å². The van der Waals surface area contributed by atoms with E-state index in [-0.39, 0.29) is 11.8 Å². The van der Waals surface area contributed by atoms with Gasteiger partial charge in [0.25, 0.3) is 0 Å². The lowest BCUT2D eigenvalue weighted by Gasteiger charge is -2.21. The van der Waals surface area contributed by atoms with Crippen LogP contribution in [0.25, 0.3) is 0 Å². The number of methoxy groups -OCH3 is 1. The SMILES string of the molecule is COc1cccc(CN(C)c2ccc(C(C)N)c(O)c2)c1. The van der Waals surface area contributed by atoms with Crippen LogP contribution >= 0.6 is 0 Å². The molecule has 2 aromatic carbocycles. The van der Waals surface area contributed by atoms with Crippen LogP contribution in [0.1, 0.15) is 24.1 Å². The van der Waals surface area contributed by atoms with Gasteiger partial charge in [0.2, 0.25) is 0 Å². The van der Waals surface area contributed by atoms with E-state index in [0.29, 0.717) is 0 Å². The zero-order valence-electron chi connectivity index (χ0n) is 12.7. The molecule has 1 unspecified atom stereocenters. The third-order valence-corrected chi connectivity index (χ3v) is 3.50. The van der Waals surface area contributed by atoms with E-state index in [4.69, 9.17) is 10.5 Å². The first-order valence-electron chi connectivity index (χ1n) is 6.94. The fraction of sp³-hybridized carbons (Fsp3) is 0.294. The molecule has 4 heteroatoms. The topological polar surface area (TPSA) is 58.7 Å². The molecule has 2 rings (SSSR count). The first kappa shape index (κ1) is 15.2. The Balaban J connectivity index is 2.16. The lowest BCUT2D eigenvalue weighted by molar-refractivity contribution is 0.414. The Hall–Kier alpha value is -2.20. The third kappa shape index (κ3) is 3.67. The first-order chi connectivity index (χ1) is 10.0. The van der Waals surface area contributed by atoms with Crippen LogP contribution in [0.4, 0.5) is 5.69 Å². The highest BCUT2D eigenvalue weighted by Crippen LogP contribution is 2.28. The summed E-state index contributed by atoms with van der Waals surface area (Å²) < 4.78 is 5.23. The number of aromatic hydroxyl groups is 1. The number of benzene rings is 2. The van der Waals surface area contributed by atoms with Crippen LogP contribution in [0.15, 0.2) is 42.5 Å². The van der Waals surface area contributed by atoms with Gasteiger partial charge in [0.1, 0.15) is 11.5 Å². The van der Waals surface area contributed by atoms with E-state index in [0.717, 1.165) is 29.1 Å². The third-order valence-electron chi connectivity index (χ3n) is 3.50. The number of phenolic OH excluding ortho intramolecular Hbond substituents is 1. The molecule has 2 aromatic rings. The highest BCUT2D eigenvalue weighted by Gasteiger charge is 2.09. The van der Waals surface area contributed by atoms with E-state index in [2.05, 4.69) is 11.0 Å². The Morgan fingerprint density at radius 1 is 1.24 bits per heavy atom. The number of nitrogens with zero attached hydrogens (tertiary/aromatic N) is 1. The van der Waals surface area contributed by atoms with Crippen molar-refractivity contribution in [1.82, 2.24) is 0 Å². The van der Waals surface area contributed by atoms with Crippen molar-refractivity contribution in [3.05, 3.63) is 53.6 Å². The Kier molecular flexibility index (Phi) is 4.70. The fourth-order valence-corrected chi connectivity index (χ4v) is 2.29. The molecule has 1 atom stereocenters. The fourth-order valence-electron chi connectivity index (χ4n) is 2.29. The predicted molar refractivity (Wildman–Crippen MR) is 85.8 cm³/mol. The smallest absolute Gasteiger partial charge is 0.122 e. The maximum atomic E-state index is 10.0. The molecule has 0 fully saturated rings. The minimum absolute atomic E-state index is 0.178. The second-order valence-electron chi connectivity index (χ2n) is 5.24. The maximum Gasteiger partial charge on any atom is 0.122 e. The summed E-state index contributed by atoms with van der Waals surface area (Å²) in [5.74, 6) is 1.08. The molecule has 21 heavy (non-hydrogen) atoms. The molecule has 4 nitrogen and oxygen atoms in total. The number of rotatable bonds is 5. The number of ether oxygens (including phenoxy) is 1. The van der Waals surface area contributed by atoms with E-state index in [1.165, 1.54) is 0 Å². The summed E-state index contributed by atoms with van der Waals surface area (Å²) in [5.41, 5.74) is 8.66. The Morgan fingerprint density at radius 2 is 2.00 bits per heavy atom. The second-order valence-corrected chi connectivity index (χ2v) is 5.24. The minimum atomic E-state index is -0.178. The summed E-state index contributed by atoms with van der Waals surface area (Å²) in [5, 5.41) is 10.0. The standard InChI is InChI=1S/C17H22N2O2/c1-12(18)16-8-7-14(10-17(16)20)19(2)11-13-5-4-6-15(9-13)21-3/h4-10,12,20H,11,18H2,1-3H3. The Morgan fingerprint density at radius 3 is 2.62 bits per heavy atom. The molecule has 3 N–H and O–H groups in total. The molecular formula is C17H22N2O2. The molecule has 0 aliphatic rings. The summed E-state index contributed by atoms with van der Waals surface area (Å²) in [6.45, 7) is 2.59. The van der Waals surface area contributed by atoms with Crippen LogP contribution in [0.2, 0.25) is 0 Å². The molecule has 0 aliphatic heterocycles. The van der Waals surface area contributed by atoms with Crippen molar-refractivity contribution >= 4 is 5.69 Å². The van der Waals surface area contributed by atoms with Crippen LogP contribution in [-0.2, 0) is 6.54 Å². The molecule has 0 heterocycles. The lowest BCUT2D eigenvalue weighted by atomic mass is 10.1. The minimum Gasteiger partial charge on any atom is -0.508 e. The van der Waals surface area contributed by atoms with Crippen molar-refractivity contribution in [2.75, 3.05) is 19.1 Å². The Bertz CT molecular complexity index is 611. The van der Waals surface area contributed by atoms with Crippen molar-refractivity contribution in [3.8, 4) is 11.5 Å². The van der Waals surface area contributed by atoms with E-state index < -0.39 is 0 Å². The molecule has 0 saturated heterocycles. The van der Waals surface area contributed by atoms with Crippen LogP contribution in [0, 0.1) is 0 Å². The normalized spacial score (nSPS) is 12.0. The number of nitrogens with two attached hydrogens (primary N) is 1. The zero-order chi connectivity index (χ0) is 15.4. The van der Waals surface area contributed by atoms with E-state index >= 15 is 0 Å². The van der Waals surface area contributed by atoms with Crippen LogP contribution in [0.3, 0.4) is 0 Å². The number of hydrogen-bond donors (Lipinski definition) is 2. The molecule has 0 aliphatic carbocycles. The number of hydrogen-bond acceptors (Lipinski definition) is 4. The molecule has 0 radical (unpaired) electrons. The molecule has 0 amide bonds. The van der Waals surface area contributed by atoms with Gasteiger partial charge in [-0.15, -0.1) is 0 Å². The van der Waals surface area contributed by atoms with Crippen molar-refractivity contribution in [3.63, 3.8) is 0 Å². The molecule has 0 saturated carbocycles. The van der Waals surface area contributed by atoms with Gasteiger partial charge < -0.3 is 20.5 Å². The van der Waals surface area contributed by atoms with Gasteiger partial charge in [-0.1, -0.05) is 18.2 Å². The van der Waals surface area contributed by atoms with Gasteiger partial charge in [0, 0.05) is 37.0 Å². The lowest BCUT2D eigenvalue weighted by Crippen LogP contribution is -2.16. The van der Waals surface area contributed by atoms with Crippen LogP contribution < -0.4 is 15.4 Å².